The van der Waals surface area contributed by atoms with Crippen LogP contribution in [0.2, 0.25) is 5.02 Å². The fourth-order valence-electron chi connectivity index (χ4n) is 2.05. The molecular weight excluding hydrogens is 368 g/mol. The second-order valence-electron chi connectivity index (χ2n) is 5.32. The molecule has 0 spiro atoms. The Morgan fingerprint density at radius 3 is 2.71 bits per heavy atom. The number of benzene rings is 1. The van der Waals surface area contributed by atoms with E-state index in [4.69, 9.17) is 16.6 Å². The molecule has 1 heterocycles. The van der Waals surface area contributed by atoms with Crippen LogP contribution in [0.1, 0.15) is 55.4 Å². The Kier molecular flexibility index (Phi) is 6.23. The molecule has 0 bridgehead atoms. The van der Waals surface area contributed by atoms with Crippen molar-refractivity contribution < 1.29 is 0 Å². The summed E-state index contributed by atoms with van der Waals surface area (Å²) in [5.41, 5.74) is 2.23. The zero-order valence-electron chi connectivity index (χ0n) is 12.5. The number of aromatic nitrogens is 1. The molecule has 0 saturated carbocycles. The van der Waals surface area contributed by atoms with Crippen molar-refractivity contribution in [3.05, 3.63) is 49.3 Å². The van der Waals surface area contributed by atoms with E-state index in [1.165, 1.54) is 0 Å². The van der Waals surface area contributed by atoms with Gasteiger partial charge in [0.2, 0.25) is 0 Å². The normalized spacial score (nSPS) is 12.9. The molecule has 0 aliphatic carbocycles. The summed E-state index contributed by atoms with van der Waals surface area (Å²) in [6, 6.07) is 6.09. The van der Waals surface area contributed by atoms with E-state index in [1.807, 2.05) is 12.1 Å². The van der Waals surface area contributed by atoms with Crippen LogP contribution in [0.4, 0.5) is 0 Å². The highest BCUT2D eigenvalue weighted by Gasteiger charge is 2.20. The summed E-state index contributed by atoms with van der Waals surface area (Å²) in [5.74, 6) is 0.446. The Hall–Kier alpha value is -0.420. The first-order valence-corrected chi connectivity index (χ1v) is 9.21. The van der Waals surface area contributed by atoms with E-state index in [1.54, 1.807) is 11.3 Å². The molecule has 0 saturated heterocycles. The van der Waals surface area contributed by atoms with E-state index >= 15 is 0 Å². The molecule has 1 aromatic carbocycles. The van der Waals surface area contributed by atoms with Crippen LogP contribution in [0.25, 0.3) is 0 Å². The van der Waals surface area contributed by atoms with Crippen LogP contribution in [0.3, 0.4) is 0 Å². The van der Waals surface area contributed by atoms with Crippen molar-refractivity contribution >= 4 is 38.9 Å². The molecule has 0 fully saturated rings. The lowest BCUT2D eigenvalue weighted by Crippen LogP contribution is -2.23. The third-order valence-corrected chi connectivity index (χ3v) is 5.00. The van der Waals surface area contributed by atoms with Crippen molar-refractivity contribution in [1.82, 2.24) is 10.3 Å². The Labute approximate surface area is 144 Å². The number of thiazole rings is 1. The van der Waals surface area contributed by atoms with Crippen molar-refractivity contribution in [2.24, 2.45) is 0 Å². The van der Waals surface area contributed by atoms with Crippen LogP contribution in [0, 0.1) is 0 Å². The van der Waals surface area contributed by atoms with Gasteiger partial charge < -0.3 is 5.32 Å². The van der Waals surface area contributed by atoms with Gasteiger partial charge in [-0.05, 0) is 36.6 Å². The highest BCUT2D eigenvalue weighted by molar-refractivity contribution is 9.10. The standard InChI is InChI=1S/C16H20BrClN2S/c1-4-7-19-15(12-6-5-11(17)8-13(12)18)16-20-14(9-21-16)10(2)3/h5-6,8-10,15,19H,4,7H2,1-3H3. The van der Waals surface area contributed by atoms with E-state index in [0.29, 0.717) is 5.92 Å². The monoisotopic (exact) mass is 386 g/mol. The van der Waals surface area contributed by atoms with Gasteiger partial charge in [-0.2, -0.15) is 0 Å². The average molecular weight is 388 g/mol. The highest BCUT2D eigenvalue weighted by Crippen LogP contribution is 2.33. The first kappa shape index (κ1) is 16.9. The number of hydrogen-bond donors (Lipinski definition) is 1. The molecule has 0 aliphatic heterocycles. The van der Waals surface area contributed by atoms with Gasteiger partial charge in [0.15, 0.2) is 0 Å². The molecular formula is C16H20BrClN2S. The first-order chi connectivity index (χ1) is 10.0. The molecule has 0 amide bonds. The van der Waals surface area contributed by atoms with Gasteiger partial charge in [-0.1, -0.05) is 54.4 Å². The molecule has 2 rings (SSSR count). The number of halogens is 2. The summed E-state index contributed by atoms with van der Waals surface area (Å²) >= 11 is 11.6. The van der Waals surface area contributed by atoms with Gasteiger partial charge in [0, 0.05) is 14.9 Å². The van der Waals surface area contributed by atoms with E-state index in [9.17, 15) is 0 Å². The smallest absolute Gasteiger partial charge is 0.114 e. The SMILES string of the molecule is CCCNC(c1nc(C(C)C)cs1)c1ccc(Br)cc1Cl. The summed E-state index contributed by atoms with van der Waals surface area (Å²) in [5, 5.41) is 7.55. The lowest BCUT2D eigenvalue weighted by molar-refractivity contribution is 0.593. The molecule has 2 nitrogen and oxygen atoms in total. The minimum absolute atomic E-state index is 0.0584. The van der Waals surface area contributed by atoms with Crippen molar-refractivity contribution in [1.29, 1.82) is 0 Å². The van der Waals surface area contributed by atoms with Crippen molar-refractivity contribution in [3.63, 3.8) is 0 Å². The van der Waals surface area contributed by atoms with E-state index in [0.717, 1.165) is 38.7 Å². The second-order valence-corrected chi connectivity index (χ2v) is 7.53. The molecule has 21 heavy (non-hydrogen) atoms. The molecule has 1 unspecified atom stereocenters. The first-order valence-electron chi connectivity index (χ1n) is 7.16. The van der Waals surface area contributed by atoms with Crippen LogP contribution in [0.15, 0.2) is 28.1 Å². The summed E-state index contributed by atoms with van der Waals surface area (Å²) < 4.78 is 0.993. The third kappa shape index (κ3) is 4.28. The lowest BCUT2D eigenvalue weighted by Gasteiger charge is -2.18. The predicted octanol–water partition coefficient (Wildman–Crippen LogP) is 5.77. The Morgan fingerprint density at radius 2 is 2.14 bits per heavy atom. The van der Waals surface area contributed by atoms with Crippen molar-refractivity contribution in [2.45, 2.75) is 39.2 Å². The molecule has 1 N–H and O–H groups in total. The Morgan fingerprint density at radius 1 is 1.38 bits per heavy atom. The quantitative estimate of drug-likeness (QED) is 0.680. The summed E-state index contributed by atoms with van der Waals surface area (Å²) in [7, 11) is 0. The van der Waals surface area contributed by atoms with Crippen LogP contribution in [-0.2, 0) is 0 Å². The molecule has 1 aromatic heterocycles. The highest BCUT2D eigenvalue weighted by atomic mass is 79.9. The number of nitrogens with zero attached hydrogens (tertiary/aromatic N) is 1. The molecule has 1 atom stereocenters. The van der Waals surface area contributed by atoms with Crippen LogP contribution in [0.5, 0.6) is 0 Å². The Bertz CT molecular complexity index is 598. The molecule has 5 heteroatoms. The van der Waals surface area contributed by atoms with Gasteiger partial charge in [0.05, 0.1) is 11.7 Å². The van der Waals surface area contributed by atoms with E-state index in [-0.39, 0.29) is 6.04 Å². The van der Waals surface area contributed by atoms with Gasteiger partial charge in [-0.15, -0.1) is 11.3 Å². The molecule has 114 valence electrons. The maximum Gasteiger partial charge on any atom is 0.114 e. The molecule has 0 aliphatic rings. The predicted molar refractivity (Wildman–Crippen MR) is 95.5 cm³/mol. The zero-order chi connectivity index (χ0) is 15.4. The van der Waals surface area contributed by atoms with Gasteiger partial charge in [0.25, 0.3) is 0 Å². The third-order valence-electron chi connectivity index (χ3n) is 3.25. The van der Waals surface area contributed by atoms with Gasteiger partial charge in [-0.3, -0.25) is 0 Å². The lowest BCUT2D eigenvalue weighted by atomic mass is 10.1. The van der Waals surface area contributed by atoms with Gasteiger partial charge in [-0.25, -0.2) is 4.98 Å². The maximum atomic E-state index is 6.43. The average Bonchev–Trinajstić information content (AvgIpc) is 2.91. The summed E-state index contributed by atoms with van der Waals surface area (Å²) in [6.45, 7) is 7.43. The second kappa shape index (κ2) is 7.73. The van der Waals surface area contributed by atoms with Crippen LogP contribution < -0.4 is 5.32 Å². The van der Waals surface area contributed by atoms with Crippen molar-refractivity contribution in [2.75, 3.05) is 6.54 Å². The fourth-order valence-corrected chi connectivity index (χ4v) is 3.91. The number of hydrogen-bond acceptors (Lipinski definition) is 3. The number of rotatable bonds is 6. The van der Waals surface area contributed by atoms with Gasteiger partial charge >= 0.3 is 0 Å². The fraction of sp³-hybridized carbons (Fsp3) is 0.438. The van der Waals surface area contributed by atoms with Gasteiger partial charge in [0.1, 0.15) is 5.01 Å². The maximum absolute atomic E-state index is 6.43. The largest absolute Gasteiger partial charge is 0.304 e. The molecule has 0 radical (unpaired) electrons. The Balaban J connectivity index is 2.36. The summed E-state index contributed by atoms with van der Waals surface area (Å²) in [6.07, 6.45) is 1.08. The topological polar surface area (TPSA) is 24.9 Å². The van der Waals surface area contributed by atoms with Crippen LogP contribution in [-0.4, -0.2) is 11.5 Å². The zero-order valence-corrected chi connectivity index (χ0v) is 15.6. The minimum Gasteiger partial charge on any atom is -0.304 e. The number of nitrogens with one attached hydrogen (secondary N) is 1. The molecule has 2 aromatic rings. The van der Waals surface area contributed by atoms with E-state index in [2.05, 4.69) is 53.5 Å². The minimum atomic E-state index is 0.0584. The van der Waals surface area contributed by atoms with E-state index < -0.39 is 0 Å². The summed E-state index contributed by atoms with van der Waals surface area (Å²) in [4.78, 5) is 4.79. The van der Waals surface area contributed by atoms with Crippen LogP contribution >= 0.6 is 38.9 Å². The van der Waals surface area contributed by atoms with Crippen molar-refractivity contribution in [3.8, 4) is 0 Å².